The minimum Gasteiger partial charge on any atom is -0.307 e. The van der Waals surface area contributed by atoms with E-state index in [-0.39, 0.29) is 0 Å². The molecule has 0 atom stereocenters. The summed E-state index contributed by atoms with van der Waals surface area (Å²) in [7, 11) is 0. The normalized spacial score (nSPS) is 12.4. The molecule has 0 fully saturated rings. The summed E-state index contributed by atoms with van der Waals surface area (Å²) in [6, 6.07) is 51.8. The molecule has 0 N–H and O–H groups in total. The molecule has 9 aromatic rings. The topological polar surface area (TPSA) is 35.6 Å². The average Bonchev–Trinajstić information content (AvgIpc) is 3.76. The van der Waals surface area contributed by atoms with Crippen LogP contribution in [-0.4, -0.2) is 19.1 Å². The Kier molecular flexibility index (Phi) is 5.02. The first-order valence-electron chi connectivity index (χ1n) is 15.4. The molecule has 45 heavy (non-hydrogen) atoms. The number of hydrogen-bond donors (Lipinski definition) is 0. The maximum atomic E-state index is 5.45. The molecule has 210 valence electrons. The van der Waals surface area contributed by atoms with Crippen molar-refractivity contribution in [2.45, 2.75) is 6.42 Å². The highest BCUT2D eigenvalue weighted by atomic mass is 15.2. The summed E-state index contributed by atoms with van der Waals surface area (Å²) in [5.41, 5.74) is 12.5. The van der Waals surface area contributed by atoms with Crippen LogP contribution < -0.4 is 0 Å². The van der Waals surface area contributed by atoms with E-state index in [0.717, 1.165) is 45.6 Å². The van der Waals surface area contributed by atoms with E-state index < -0.39 is 0 Å². The zero-order valence-electron chi connectivity index (χ0n) is 24.4. The quantitative estimate of drug-likeness (QED) is 0.211. The molecular formula is C41H26N4. The van der Waals surface area contributed by atoms with Gasteiger partial charge in [-0.3, -0.25) is 4.57 Å². The number of nitrogens with zero attached hydrogens (tertiary/aromatic N) is 4. The summed E-state index contributed by atoms with van der Waals surface area (Å²) in [6.45, 7) is 0. The van der Waals surface area contributed by atoms with Crippen LogP contribution in [0.5, 0.6) is 0 Å². The van der Waals surface area contributed by atoms with E-state index in [1.54, 1.807) is 0 Å². The molecule has 0 amide bonds. The van der Waals surface area contributed by atoms with Crippen LogP contribution in [0.2, 0.25) is 0 Å². The van der Waals surface area contributed by atoms with Crippen LogP contribution in [-0.2, 0) is 6.42 Å². The largest absolute Gasteiger partial charge is 0.307 e. The number of benzene rings is 6. The fourth-order valence-corrected chi connectivity index (χ4v) is 7.45. The Morgan fingerprint density at radius 1 is 0.444 bits per heavy atom. The van der Waals surface area contributed by atoms with Gasteiger partial charge in [-0.1, -0.05) is 121 Å². The minimum absolute atomic E-state index is 0.688. The van der Waals surface area contributed by atoms with Crippen molar-refractivity contribution < 1.29 is 0 Å². The van der Waals surface area contributed by atoms with Crippen LogP contribution in [0.3, 0.4) is 0 Å². The van der Waals surface area contributed by atoms with Gasteiger partial charge < -0.3 is 4.57 Å². The Balaban J connectivity index is 1.41. The highest BCUT2D eigenvalue weighted by molar-refractivity contribution is 6.23. The van der Waals surface area contributed by atoms with E-state index in [0.29, 0.717) is 5.95 Å². The van der Waals surface area contributed by atoms with Crippen molar-refractivity contribution in [1.82, 2.24) is 19.1 Å². The lowest BCUT2D eigenvalue weighted by Crippen LogP contribution is -2.06. The molecule has 4 heteroatoms. The first-order valence-corrected chi connectivity index (χ1v) is 15.4. The van der Waals surface area contributed by atoms with Crippen molar-refractivity contribution >= 4 is 43.6 Å². The van der Waals surface area contributed by atoms with Gasteiger partial charge in [0.05, 0.1) is 33.5 Å². The lowest BCUT2D eigenvalue weighted by Gasteiger charge is -2.14. The monoisotopic (exact) mass is 574 g/mol. The molecule has 4 nitrogen and oxygen atoms in total. The van der Waals surface area contributed by atoms with Crippen LogP contribution in [0.25, 0.3) is 77.8 Å². The Hall–Kier alpha value is -6.00. The average molecular weight is 575 g/mol. The Morgan fingerprint density at radius 2 is 1.00 bits per heavy atom. The molecule has 0 unspecified atom stereocenters. The van der Waals surface area contributed by atoms with Gasteiger partial charge in [0, 0.05) is 50.3 Å². The summed E-state index contributed by atoms with van der Waals surface area (Å²) >= 11 is 0. The Labute approximate surface area is 259 Å². The van der Waals surface area contributed by atoms with Crippen molar-refractivity contribution in [3.8, 4) is 34.2 Å². The summed E-state index contributed by atoms with van der Waals surface area (Å²) in [5, 5.41) is 4.80. The van der Waals surface area contributed by atoms with E-state index in [1.807, 2.05) is 0 Å². The van der Waals surface area contributed by atoms with Crippen molar-refractivity contribution in [3.05, 3.63) is 157 Å². The molecular weight excluding hydrogens is 548 g/mol. The molecule has 0 spiro atoms. The van der Waals surface area contributed by atoms with Gasteiger partial charge in [0.25, 0.3) is 0 Å². The van der Waals surface area contributed by atoms with Crippen molar-refractivity contribution in [2.24, 2.45) is 0 Å². The molecule has 0 saturated carbocycles. The number of aromatic nitrogens is 4. The van der Waals surface area contributed by atoms with Gasteiger partial charge >= 0.3 is 0 Å². The molecule has 0 bridgehead atoms. The van der Waals surface area contributed by atoms with Crippen LogP contribution in [0.1, 0.15) is 11.1 Å². The van der Waals surface area contributed by atoms with Crippen molar-refractivity contribution in [3.63, 3.8) is 0 Å². The first kappa shape index (κ1) is 24.4. The van der Waals surface area contributed by atoms with Gasteiger partial charge in [-0.15, -0.1) is 0 Å². The van der Waals surface area contributed by atoms with Crippen LogP contribution in [0.4, 0.5) is 0 Å². The highest BCUT2D eigenvalue weighted by Crippen LogP contribution is 2.44. The van der Waals surface area contributed by atoms with Gasteiger partial charge in [0.2, 0.25) is 5.95 Å². The van der Waals surface area contributed by atoms with Gasteiger partial charge in [-0.2, -0.15) is 0 Å². The lowest BCUT2D eigenvalue weighted by atomic mass is 10.0. The maximum absolute atomic E-state index is 5.45. The SMILES string of the molecule is c1ccc(-c2nc(-n3c4ccccc4c4ccc5c6ccccc6n(-c6ccccc6)c5c43)nc3c2Cc2ccccc2-3)cc1. The first-order chi connectivity index (χ1) is 22.3. The number of fused-ring (bicyclic) bond motifs is 10. The van der Waals surface area contributed by atoms with Crippen LogP contribution in [0.15, 0.2) is 146 Å². The molecule has 6 aromatic carbocycles. The van der Waals surface area contributed by atoms with Crippen molar-refractivity contribution in [2.75, 3.05) is 0 Å². The zero-order chi connectivity index (χ0) is 29.5. The maximum Gasteiger partial charge on any atom is 0.235 e. The number of para-hydroxylation sites is 3. The van der Waals surface area contributed by atoms with Crippen molar-refractivity contribution in [1.29, 1.82) is 0 Å². The standard InChI is InChI=1S/C41H26N4/c1-3-13-26(14-4-1)37-34-25-27-15-7-8-18-29(27)38(34)43-41(42-37)45-36-22-12-10-20-31(36)33-24-23-32-30-19-9-11-21-35(30)44(39(32)40(33)45)28-16-5-2-6-17-28/h1-24H,25H2. The van der Waals surface area contributed by atoms with Gasteiger partial charge in [0.15, 0.2) is 0 Å². The highest BCUT2D eigenvalue weighted by Gasteiger charge is 2.28. The summed E-state index contributed by atoms with van der Waals surface area (Å²) in [5.74, 6) is 0.688. The fourth-order valence-electron chi connectivity index (χ4n) is 7.45. The summed E-state index contributed by atoms with van der Waals surface area (Å²) < 4.78 is 4.71. The molecule has 1 aliphatic rings. The van der Waals surface area contributed by atoms with E-state index in [1.165, 1.54) is 43.8 Å². The summed E-state index contributed by atoms with van der Waals surface area (Å²) in [6.07, 6.45) is 0.829. The molecule has 0 aliphatic heterocycles. The van der Waals surface area contributed by atoms with Crippen LogP contribution in [0, 0.1) is 0 Å². The van der Waals surface area contributed by atoms with Gasteiger partial charge in [0.1, 0.15) is 0 Å². The summed E-state index contributed by atoms with van der Waals surface area (Å²) in [4.78, 5) is 10.9. The van der Waals surface area contributed by atoms with Gasteiger partial charge in [-0.05, 0) is 29.8 Å². The molecule has 0 saturated heterocycles. The Bertz CT molecular complexity index is 2610. The van der Waals surface area contributed by atoms with E-state index >= 15 is 0 Å². The third-order valence-corrected chi connectivity index (χ3v) is 9.37. The third-order valence-electron chi connectivity index (χ3n) is 9.37. The van der Waals surface area contributed by atoms with Crippen LogP contribution >= 0.6 is 0 Å². The van der Waals surface area contributed by atoms with E-state index in [4.69, 9.17) is 9.97 Å². The molecule has 3 aromatic heterocycles. The minimum atomic E-state index is 0.688. The molecule has 10 rings (SSSR count). The number of rotatable bonds is 3. The predicted octanol–water partition coefficient (Wildman–Crippen LogP) is 9.91. The van der Waals surface area contributed by atoms with E-state index in [2.05, 4.69) is 155 Å². The fraction of sp³-hybridized carbons (Fsp3) is 0.0244. The Morgan fingerprint density at radius 3 is 1.73 bits per heavy atom. The number of hydrogen-bond acceptors (Lipinski definition) is 2. The third kappa shape index (κ3) is 3.42. The second-order valence-electron chi connectivity index (χ2n) is 11.8. The van der Waals surface area contributed by atoms with E-state index in [9.17, 15) is 0 Å². The molecule has 1 aliphatic carbocycles. The second-order valence-corrected chi connectivity index (χ2v) is 11.8. The molecule has 0 radical (unpaired) electrons. The smallest absolute Gasteiger partial charge is 0.235 e. The predicted molar refractivity (Wildman–Crippen MR) is 184 cm³/mol. The second kappa shape index (κ2) is 9.25. The van der Waals surface area contributed by atoms with Gasteiger partial charge in [-0.25, -0.2) is 9.97 Å². The zero-order valence-corrected chi connectivity index (χ0v) is 24.4. The molecule has 3 heterocycles. The lowest BCUT2D eigenvalue weighted by molar-refractivity contribution is 0.984.